The van der Waals surface area contributed by atoms with Crippen LogP contribution in [-0.2, 0) is 9.53 Å². The number of nitrogens with one attached hydrogen (secondary N) is 2. The molecule has 39 heavy (non-hydrogen) atoms. The van der Waals surface area contributed by atoms with Crippen molar-refractivity contribution < 1.29 is 28.9 Å². The van der Waals surface area contributed by atoms with Gasteiger partial charge >= 0.3 is 11.7 Å². The number of esters is 1. The van der Waals surface area contributed by atoms with Gasteiger partial charge in [0.05, 0.1) is 28.6 Å². The Labute approximate surface area is 222 Å². The fourth-order valence-electron chi connectivity index (χ4n) is 3.36. The number of benzene rings is 3. The molecule has 13 heteroatoms. The third kappa shape index (κ3) is 7.82. The molecule has 2 N–H and O–H groups in total. The molecule has 0 aliphatic rings. The standard InChI is InChI=1S/C26H25N5O8/c1-3-5-25(32)27-19-7-4-6-18(14-19)26(33)39-16-23(17-8-11-21(38-2)12-9-17)29-28-22-13-10-20(30(34)35)15-24(22)31(36)37/h4,6-15,28H,3,5,16H2,1-2H3,(H,27,32)/b29-23-. The van der Waals surface area contributed by atoms with Crippen LogP contribution in [0.3, 0.4) is 0 Å². The Kier molecular flexibility index (Phi) is 9.62. The van der Waals surface area contributed by atoms with E-state index in [1.54, 1.807) is 36.4 Å². The van der Waals surface area contributed by atoms with Crippen molar-refractivity contribution in [1.29, 1.82) is 0 Å². The highest BCUT2D eigenvalue weighted by Gasteiger charge is 2.20. The minimum atomic E-state index is -0.774. The van der Waals surface area contributed by atoms with E-state index in [0.29, 0.717) is 29.8 Å². The van der Waals surface area contributed by atoms with Gasteiger partial charge in [0.1, 0.15) is 23.8 Å². The molecule has 0 aliphatic carbocycles. The number of rotatable bonds is 12. The molecule has 0 unspecified atom stereocenters. The Hall–Kier alpha value is -5.33. The third-order valence-electron chi connectivity index (χ3n) is 5.32. The maximum atomic E-state index is 12.8. The van der Waals surface area contributed by atoms with Gasteiger partial charge in [-0.3, -0.25) is 30.4 Å². The molecule has 0 atom stereocenters. The molecule has 3 aromatic carbocycles. The van der Waals surface area contributed by atoms with Crippen LogP contribution in [0.1, 0.15) is 35.7 Å². The van der Waals surface area contributed by atoms with Crippen LogP contribution >= 0.6 is 0 Å². The monoisotopic (exact) mass is 535 g/mol. The van der Waals surface area contributed by atoms with Gasteiger partial charge in [0.2, 0.25) is 5.91 Å². The number of nitro groups is 2. The van der Waals surface area contributed by atoms with E-state index in [1.807, 2.05) is 6.92 Å². The molecule has 0 spiro atoms. The van der Waals surface area contributed by atoms with Gasteiger partial charge in [0, 0.05) is 23.7 Å². The summed E-state index contributed by atoms with van der Waals surface area (Å²) in [4.78, 5) is 45.6. The molecular formula is C26H25N5O8. The normalized spacial score (nSPS) is 10.9. The number of methoxy groups -OCH3 is 1. The number of anilines is 2. The van der Waals surface area contributed by atoms with E-state index in [2.05, 4.69) is 15.8 Å². The Morgan fingerprint density at radius 3 is 2.33 bits per heavy atom. The van der Waals surface area contributed by atoms with E-state index < -0.39 is 27.2 Å². The molecule has 0 saturated heterocycles. The Morgan fingerprint density at radius 1 is 0.949 bits per heavy atom. The van der Waals surface area contributed by atoms with Crippen molar-refractivity contribution in [2.24, 2.45) is 5.10 Å². The van der Waals surface area contributed by atoms with Crippen LogP contribution < -0.4 is 15.5 Å². The van der Waals surface area contributed by atoms with Crippen LogP contribution in [0, 0.1) is 20.2 Å². The van der Waals surface area contributed by atoms with Crippen molar-refractivity contribution in [3.63, 3.8) is 0 Å². The fraction of sp³-hybridized carbons (Fsp3) is 0.192. The van der Waals surface area contributed by atoms with Gasteiger partial charge < -0.3 is 14.8 Å². The number of carbonyl (C=O) groups is 2. The number of ether oxygens (including phenoxy) is 2. The molecule has 13 nitrogen and oxygen atoms in total. The number of nitrogens with zero attached hydrogens (tertiary/aromatic N) is 3. The maximum absolute atomic E-state index is 12.8. The smallest absolute Gasteiger partial charge is 0.338 e. The lowest BCUT2D eigenvalue weighted by Gasteiger charge is -2.11. The van der Waals surface area contributed by atoms with E-state index in [0.717, 1.165) is 18.2 Å². The van der Waals surface area contributed by atoms with Crippen molar-refractivity contribution in [1.82, 2.24) is 0 Å². The molecule has 0 fully saturated rings. The minimum Gasteiger partial charge on any atom is -0.497 e. The van der Waals surface area contributed by atoms with Gasteiger partial charge in [0.25, 0.3) is 5.69 Å². The Morgan fingerprint density at radius 2 is 1.69 bits per heavy atom. The number of nitro benzene ring substituents is 2. The van der Waals surface area contributed by atoms with Crippen LogP contribution in [-0.4, -0.2) is 41.2 Å². The highest BCUT2D eigenvalue weighted by atomic mass is 16.6. The number of non-ortho nitro benzene ring substituents is 1. The molecule has 0 bridgehead atoms. The summed E-state index contributed by atoms with van der Waals surface area (Å²) in [6, 6.07) is 16.0. The van der Waals surface area contributed by atoms with Gasteiger partial charge in [-0.1, -0.05) is 13.0 Å². The number of hydrogen-bond acceptors (Lipinski definition) is 10. The predicted octanol–water partition coefficient (Wildman–Crippen LogP) is 4.92. The van der Waals surface area contributed by atoms with Crippen LogP contribution in [0.4, 0.5) is 22.7 Å². The highest BCUT2D eigenvalue weighted by molar-refractivity contribution is 6.04. The number of hydrazone groups is 1. The lowest BCUT2D eigenvalue weighted by Crippen LogP contribution is -2.17. The predicted molar refractivity (Wildman–Crippen MR) is 143 cm³/mol. The van der Waals surface area contributed by atoms with Crippen molar-refractivity contribution in [2.75, 3.05) is 24.5 Å². The number of carbonyl (C=O) groups excluding carboxylic acids is 2. The molecular weight excluding hydrogens is 510 g/mol. The van der Waals surface area contributed by atoms with Gasteiger partial charge in [-0.05, 0) is 55.0 Å². The first-order valence-electron chi connectivity index (χ1n) is 11.7. The second-order valence-corrected chi connectivity index (χ2v) is 8.07. The Bertz CT molecular complexity index is 1410. The van der Waals surface area contributed by atoms with Crippen molar-refractivity contribution in [3.05, 3.63) is 98.1 Å². The quantitative estimate of drug-likeness (QED) is 0.141. The second-order valence-electron chi connectivity index (χ2n) is 8.07. The number of hydrogen-bond donors (Lipinski definition) is 2. The van der Waals surface area contributed by atoms with Crippen LogP contribution in [0.2, 0.25) is 0 Å². The van der Waals surface area contributed by atoms with Crippen molar-refractivity contribution >= 4 is 40.3 Å². The van der Waals surface area contributed by atoms with Gasteiger partial charge in [0.15, 0.2) is 0 Å². The largest absolute Gasteiger partial charge is 0.497 e. The van der Waals surface area contributed by atoms with E-state index in [-0.39, 0.29) is 29.5 Å². The van der Waals surface area contributed by atoms with Crippen molar-refractivity contribution in [2.45, 2.75) is 19.8 Å². The first-order valence-corrected chi connectivity index (χ1v) is 11.7. The molecule has 202 valence electrons. The summed E-state index contributed by atoms with van der Waals surface area (Å²) in [7, 11) is 1.50. The molecule has 0 radical (unpaired) electrons. The molecule has 3 aromatic rings. The summed E-state index contributed by atoms with van der Waals surface area (Å²) in [5, 5.41) is 29.4. The average molecular weight is 536 g/mol. The minimum absolute atomic E-state index is 0.0986. The average Bonchev–Trinajstić information content (AvgIpc) is 2.93. The van der Waals surface area contributed by atoms with E-state index >= 15 is 0 Å². The van der Waals surface area contributed by atoms with Gasteiger partial charge in [-0.15, -0.1) is 0 Å². The molecule has 0 saturated carbocycles. The summed E-state index contributed by atoms with van der Waals surface area (Å²) in [6.45, 7) is 1.55. The van der Waals surface area contributed by atoms with Crippen LogP contribution in [0.5, 0.6) is 5.75 Å². The maximum Gasteiger partial charge on any atom is 0.338 e. The lowest BCUT2D eigenvalue weighted by atomic mass is 10.1. The first kappa shape index (κ1) is 28.2. The Balaban J connectivity index is 1.84. The first-order chi connectivity index (χ1) is 18.7. The van der Waals surface area contributed by atoms with E-state index in [1.165, 1.54) is 19.2 Å². The third-order valence-corrected chi connectivity index (χ3v) is 5.32. The summed E-state index contributed by atoms with van der Waals surface area (Å²) < 4.78 is 10.6. The SMILES string of the molecule is CCCC(=O)Nc1cccc(C(=O)OC/C(=N/Nc2ccc([N+](=O)[O-])cc2[N+](=O)[O-])c2ccc(OC)cc2)c1. The van der Waals surface area contributed by atoms with Crippen molar-refractivity contribution in [3.8, 4) is 5.75 Å². The van der Waals surface area contributed by atoms with E-state index in [9.17, 15) is 29.8 Å². The van der Waals surface area contributed by atoms with Crippen LogP contribution in [0.15, 0.2) is 71.8 Å². The summed E-state index contributed by atoms with van der Waals surface area (Å²) in [5.74, 6) is -0.302. The fourth-order valence-corrected chi connectivity index (χ4v) is 3.36. The van der Waals surface area contributed by atoms with Gasteiger partial charge in [-0.2, -0.15) is 5.10 Å². The summed E-state index contributed by atoms with van der Waals surface area (Å²) >= 11 is 0. The van der Waals surface area contributed by atoms with Gasteiger partial charge in [-0.25, -0.2) is 4.79 Å². The molecule has 1 amide bonds. The molecule has 3 rings (SSSR count). The molecule has 0 aromatic heterocycles. The zero-order valence-corrected chi connectivity index (χ0v) is 21.1. The topological polar surface area (TPSA) is 175 Å². The second kappa shape index (κ2) is 13.3. The summed E-state index contributed by atoms with van der Waals surface area (Å²) in [6.07, 6.45) is 1.02. The molecule has 0 heterocycles. The van der Waals surface area contributed by atoms with Crippen LogP contribution in [0.25, 0.3) is 0 Å². The zero-order chi connectivity index (χ0) is 28.4. The molecule has 0 aliphatic heterocycles. The summed E-state index contributed by atoms with van der Waals surface area (Å²) in [5.41, 5.74) is 2.79. The zero-order valence-electron chi connectivity index (χ0n) is 21.1. The van der Waals surface area contributed by atoms with E-state index in [4.69, 9.17) is 9.47 Å². The lowest BCUT2D eigenvalue weighted by molar-refractivity contribution is -0.393. The highest BCUT2D eigenvalue weighted by Crippen LogP contribution is 2.29. The number of amides is 1.